The Bertz CT molecular complexity index is 332. The molecule has 1 heteroatoms. The highest BCUT2D eigenvalue weighted by atomic mass is 16.5. The number of benzene rings is 1. The van der Waals surface area contributed by atoms with Crippen molar-refractivity contribution in [3.8, 4) is 0 Å². The van der Waals surface area contributed by atoms with Crippen molar-refractivity contribution in [1.29, 1.82) is 0 Å². The molecule has 0 aliphatic heterocycles. The van der Waals surface area contributed by atoms with Crippen LogP contribution in [0.4, 0.5) is 0 Å². The lowest BCUT2D eigenvalue weighted by Gasteiger charge is -2.23. The lowest BCUT2D eigenvalue weighted by molar-refractivity contribution is 0.103. The Balaban J connectivity index is 1.59. The van der Waals surface area contributed by atoms with Crippen LogP contribution >= 0.6 is 0 Å². The van der Waals surface area contributed by atoms with E-state index in [0.29, 0.717) is 0 Å². The van der Waals surface area contributed by atoms with Crippen molar-refractivity contribution in [2.24, 2.45) is 5.92 Å². The lowest BCUT2D eigenvalue weighted by atomic mass is 9.85. The van der Waals surface area contributed by atoms with Gasteiger partial charge in [0.15, 0.2) is 0 Å². The van der Waals surface area contributed by atoms with Crippen molar-refractivity contribution >= 4 is 0 Å². The zero-order valence-electron chi connectivity index (χ0n) is 10.5. The normalized spacial score (nSPS) is 17.3. The molecule has 1 aliphatic carbocycles. The monoisotopic (exact) mass is 230 g/mol. The minimum absolute atomic E-state index is 0.750. The molecule has 1 aromatic carbocycles. The largest absolute Gasteiger partial charge is 0.377 e. The molecule has 1 fully saturated rings. The Morgan fingerprint density at radius 1 is 1.12 bits per heavy atom. The molecule has 0 unspecified atom stereocenters. The van der Waals surface area contributed by atoms with Gasteiger partial charge in [0.1, 0.15) is 0 Å². The first-order valence-electron chi connectivity index (χ1n) is 6.63. The van der Waals surface area contributed by atoms with E-state index < -0.39 is 0 Å². The summed E-state index contributed by atoms with van der Waals surface area (Å²) in [6.45, 7) is 5.70. The number of hydrogen-bond donors (Lipinski definition) is 0. The molecule has 0 spiro atoms. The van der Waals surface area contributed by atoms with Gasteiger partial charge >= 0.3 is 0 Å². The molecular formula is C16H22O. The van der Waals surface area contributed by atoms with E-state index in [9.17, 15) is 0 Å². The van der Waals surface area contributed by atoms with Crippen molar-refractivity contribution in [3.05, 3.63) is 48.0 Å². The van der Waals surface area contributed by atoms with E-state index in [1.807, 2.05) is 6.07 Å². The molecule has 0 radical (unpaired) electrons. The summed E-state index contributed by atoms with van der Waals surface area (Å²) in [6, 6.07) is 10.4. The predicted molar refractivity (Wildman–Crippen MR) is 71.8 cm³/mol. The van der Waals surface area contributed by atoms with E-state index in [2.05, 4.69) is 30.8 Å². The molecule has 1 nitrogen and oxygen atoms in total. The molecule has 1 aliphatic rings. The first-order chi connectivity index (χ1) is 8.34. The molecule has 17 heavy (non-hydrogen) atoms. The highest BCUT2D eigenvalue weighted by Gasteiger charge is 2.14. The van der Waals surface area contributed by atoms with Gasteiger partial charge in [-0.2, -0.15) is 0 Å². The number of ether oxygens (including phenoxy) is 1. The minimum Gasteiger partial charge on any atom is -0.377 e. The van der Waals surface area contributed by atoms with Crippen LogP contribution in [0.5, 0.6) is 0 Å². The zero-order valence-corrected chi connectivity index (χ0v) is 10.5. The summed E-state index contributed by atoms with van der Waals surface area (Å²) in [4.78, 5) is 0. The van der Waals surface area contributed by atoms with Gasteiger partial charge in [0, 0.05) is 6.61 Å². The molecule has 0 aromatic heterocycles. The molecule has 0 N–H and O–H groups in total. The fourth-order valence-corrected chi connectivity index (χ4v) is 2.39. The maximum Gasteiger partial charge on any atom is 0.0716 e. The van der Waals surface area contributed by atoms with Crippen LogP contribution in [0, 0.1) is 5.92 Å². The third-order valence-corrected chi connectivity index (χ3v) is 3.59. The van der Waals surface area contributed by atoms with Crippen LogP contribution in [0.15, 0.2) is 42.5 Å². The van der Waals surface area contributed by atoms with Crippen molar-refractivity contribution in [1.82, 2.24) is 0 Å². The van der Waals surface area contributed by atoms with E-state index in [1.54, 1.807) is 0 Å². The predicted octanol–water partition coefficient (Wildman–Crippen LogP) is 4.34. The standard InChI is InChI=1S/C16H22O/c1-14-7-9-15(10-8-14)11-12-17-13-16-5-3-2-4-6-16/h2-6,15H,1,7-13H2. The first kappa shape index (κ1) is 12.4. The summed E-state index contributed by atoms with van der Waals surface area (Å²) < 4.78 is 5.73. The molecule has 1 saturated carbocycles. The van der Waals surface area contributed by atoms with Crippen molar-refractivity contribution in [3.63, 3.8) is 0 Å². The van der Waals surface area contributed by atoms with E-state index in [-0.39, 0.29) is 0 Å². The van der Waals surface area contributed by atoms with Gasteiger partial charge in [0.05, 0.1) is 6.61 Å². The smallest absolute Gasteiger partial charge is 0.0716 e. The quantitative estimate of drug-likeness (QED) is 0.540. The number of rotatable bonds is 5. The Morgan fingerprint density at radius 2 is 1.82 bits per heavy atom. The van der Waals surface area contributed by atoms with Crippen LogP contribution in [0.1, 0.15) is 37.7 Å². The maximum atomic E-state index is 5.73. The maximum absolute atomic E-state index is 5.73. The van der Waals surface area contributed by atoms with Crippen LogP contribution in [0.3, 0.4) is 0 Å². The average Bonchev–Trinajstić information content (AvgIpc) is 2.38. The summed E-state index contributed by atoms with van der Waals surface area (Å²) in [5, 5.41) is 0. The van der Waals surface area contributed by atoms with E-state index >= 15 is 0 Å². The molecular weight excluding hydrogens is 208 g/mol. The molecule has 2 rings (SSSR count). The first-order valence-corrected chi connectivity index (χ1v) is 6.63. The molecule has 92 valence electrons. The average molecular weight is 230 g/mol. The molecule has 0 atom stereocenters. The van der Waals surface area contributed by atoms with Crippen molar-refractivity contribution in [2.45, 2.75) is 38.7 Å². The summed E-state index contributed by atoms with van der Waals surface area (Å²) in [7, 11) is 0. The lowest BCUT2D eigenvalue weighted by Crippen LogP contribution is -2.10. The topological polar surface area (TPSA) is 9.23 Å². The van der Waals surface area contributed by atoms with E-state index in [4.69, 9.17) is 4.74 Å². The molecule has 1 aromatic rings. The summed E-state index contributed by atoms with van der Waals surface area (Å²) in [6.07, 6.45) is 6.29. The third kappa shape index (κ3) is 4.35. The van der Waals surface area contributed by atoms with E-state index in [0.717, 1.165) is 19.1 Å². The molecule has 0 saturated heterocycles. The van der Waals surface area contributed by atoms with Gasteiger partial charge in [-0.25, -0.2) is 0 Å². The highest BCUT2D eigenvalue weighted by Crippen LogP contribution is 2.29. The van der Waals surface area contributed by atoms with Crippen LogP contribution in [0.2, 0.25) is 0 Å². The highest BCUT2D eigenvalue weighted by molar-refractivity contribution is 5.13. The van der Waals surface area contributed by atoms with Gasteiger partial charge in [0.2, 0.25) is 0 Å². The Labute approximate surface area is 104 Å². The van der Waals surface area contributed by atoms with Gasteiger partial charge in [-0.05, 0) is 43.6 Å². The van der Waals surface area contributed by atoms with Gasteiger partial charge in [0.25, 0.3) is 0 Å². The van der Waals surface area contributed by atoms with Gasteiger partial charge in [-0.3, -0.25) is 0 Å². The van der Waals surface area contributed by atoms with Crippen molar-refractivity contribution in [2.75, 3.05) is 6.61 Å². The number of allylic oxidation sites excluding steroid dienone is 1. The SMILES string of the molecule is C=C1CCC(CCOCc2ccccc2)CC1. The number of hydrogen-bond acceptors (Lipinski definition) is 1. The molecule has 0 bridgehead atoms. The summed E-state index contributed by atoms with van der Waals surface area (Å²) in [5.41, 5.74) is 2.70. The Hall–Kier alpha value is -1.08. The van der Waals surface area contributed by atoms with E-state index in [1.165, 1.54) is 43.2 Å². The van der Waals surface area contributed by atoms with Crippen molar-refractivity contribution < 1.29 is 4.74 Å². The summed E-state index contributed by atoms with van der Waals surface area (Å²) in [5.74, 6) is 0.858. The Kier molecular flexibility index (Phi) is 4.81. The summed E-state index contributed by atoms with van der Waals surface area (Å²) >= 11 is 0. The fraction of sp³-hybridized carbons (Fsp3) is 0.500. The minimum atomic E-state index is 0.750. The third-order valence-electron chi connectivity index (χ3n) is 3.59. The van der Waals surface area contributed by atoms with Crippen LogP contribution in [-0.4, -0.2) is 6.61 Å². The molecule has 0 amide bonds. The van der Waals surface area contributed by atoms with Gasteiger partial charge < -0.3 is 4.74 Å². The second kappa shape index (κ2) is 6.61. The molecule has 0 heterocycles. The van der Waals surface area contributed by atoms with Gasteiger partial charge in [-0.15, -0.1) is 0 Å². The zero-order chi connectivity index (χ0) is 11.9. The fourth-order valence-electron chi connectivity index (χ4n) is 2.39. The van der Waals surface area contributed by atoms with Crippen LogP contribution in [0.25, 0.3) is 0 Å². The second-order valence-corrected chi connectivity index (χ2v) is 5.02. The Morgan fingerprint density at radius 3 is 2.53 bits per heavy atom. The van der Waals surface area contributed by atoms with Gasteiger partial charge in [-0.1, -0.05) is 42.5 Å². The second-order valence-electron chi connectivity index (χ2n) is 5.02. The van der Waals surface area contributed by atoms with Crippen LogP contribution < -0.4 is 0 Å². The van der Waals surface area contributed by atoms with Crippen LogP contribution in [-0.2, 0) is 11.3 Å².